The standard InChI is InChI=1S/C9H15N3O2/c1-3-11-8(9(13)14-2)4-7-5-10-6-12-7/h5-6,8,11H,3-4H2,1-2H3,(H,10,12)/t8-/m0/s1. The van der Waals surface area contributed by atoms with Gasteiger partial charge >= 0.3 is 5.97 Å². The Labute approximate surface area is 82.9 Å². The van der Waals surface area contributed by atoms with Gasteiger partial charge in [0.15, 0.2) is 0 Å². The van der Waals surface area contributed by atoms with E-state index in [0.717, 1.165) is 12.2 Å². The van der Waals surface area contributed by atoms with Gasteiger partial charge in [-0.25, -0.2) is 4.98 Å². The number of carbonyl (C=O) groups is 1. The summed E-state index contributed by atoms with van der Waals surface area (Å²) in [6.45, 7) is 2.68. The largest absolute Gasteiger partial charge is 0.468 e. The molecule has 0 amide bonds. The molecule has 14 heavy (non-hydrogen) atoms. The lowest BCUT2D eigenvalue weighted by Gasteiger charge is -2.13. The molecule has 0 bridgehead atoms. The summed E-state index contributed by atoms with van der Waals surface area (Å²) in [5.74, 6) is -0.249. The average Bonchev–Trinajstić information content (AvgIpc) is 2.68. The number of aromatic nitrogens is 2. The van der Waals surface area contributed by atoms with Gasteiger partial charge in [0.25, 0.3) is 0 Å². The number of rotatable bonds is 5. The molecule has 0 saturated carbocycles. The Kier molecular flexibility index (Phi) is 4.12. The maximum atomic E-state index is 11.3. The molecule has 2 N–H and O–H groups in total. The number of likely N-dealkylation sites (N-methyl/N-ethyl adjacent to an activating group) is 1. The van der Waals surface area contributed by atoms with E-state index in [2.05, 4.69) is 20.0 Å². The Bertz CT molecular complexity index is 272. The molecule has 0 aliphatic heterocycles. The van der Waals surface area contributed by atoms with Gasteiger partial charge in [0, 0.05) is 18.3 Å². The van der Waals surface area contributed by atoms with Crippen LogP contribution < -0.4 is 5.32 Å². The number of aromatic amines is 1. The highest BCUT2D eigenvalue weighted by Crippen LogP contribution is 1.99. The predicted octanol–water partition coefficient (Wildman–Crippen LogP) is 0.103. The molecule has 1 rings (SSSR count). The van der Waals surface area contributed by atoms with Gasteiger partial charge in [0.05, 0.1) is 13.4 Å². The van der Waals surface area contributed by atoms with Gasteiger partial charge in [-0.2, -0.15) is 0 Å². The van der Waals surface area contributed by atoms with Crippen LogP contribution in [0.3, 0.4) is 0 Å². The van der Waals surface area contributed by atoms with Crippen molar-refractivity contribution in [3.8, 4) is 0 Å². The summed E-state index contributed by atoms with van der Waals surface area (Å²) < 4.78 is 4.68. The summed E-state index contributed by atoms with van der Waals surface area (Å²) in [4.78, 5) is 18.1. The Morgan fingerprint density at radius 2 is 2.57 bits per heavy atom. The molecule has 0 unspecified atom stereocenters. The smallest absolute Gasteiger partial charge is 0.323 e. The lowest BCUT2D eigenvalue weighted by Crippen LogP contribution is -2.39. The third kappa shape index (κ3) is 2.85. The Morgan fingerprint density at radius 3 is 3.07 bits per heavy atom. The zero-order valence-corrected chi connectivity index (χ0v) is 8.41. The summed E-state index contributed by atoms with van der Waals surface area (Å²) in [6.07, 6.45) is 3.86. The predicted molar refractivity (Wildman–Crippen MR) is 51.8 cm³/mol. The van der Waals surface area contributed by atoms with Crippen molar-refractivity contribution in [1.82, 2.24) is 15.3 Å². The van der Waals surface area contributed by atoms with Crippen molar-refractivity contribution in [3.63, 3.8) is 0 Å². The van der Waals surface area contributed by atoms with Crippen LogP contribution in [0.4, 0.5) is 0 Å². The molecule has 0 aliphatic carbocycles. The van der Waals surface area contributed by atoms with Crippen molar-refractivity contribution in [3.05, 3.63) is 18.2 Å². The fourth-order valence-corrected chi connectivity index (χ4v) is 1.24. The lowest BCUT2D eigenvalue weighted by molar-refractivity contribution is -0.143. The van der Waals surface area contributed by atoms with Crippen LogP contribution in [0.2, 0.25) is 0 Å². The maximum absolute atomic E-state index is 11.3. The van der Waals surface area contributed by atoms with E-state index in [1.165, 1.54) is 7.11 Å². The first-order valence-corrected chi connectivity index (χ1v) is 4.56. The van der Waals surface area contributed by atoms with Crippen molar-refractivity contribution in [2.75, 3.05) is 13.7 Å². The summed E-state index contributed by atoms with van der Waals surface area (Å²) in [7, 11) is 1.39. The molecule has 0 radical (unpaired) electrons. The van der Waals surface area contributed by atoms with Gasteiger partial charge in [-0.1, -0.05) is 6.92 Å². The molecule has 1 aromatic rings. The molecule has 0 spiro atoms. The summed E-state index contributed by atoms with van der Waals surface area (Å²) >= 11 is 0. The molecule has 0 aromatic carbocycles. The van der Waals surface area contributed by atoms with Crippen LogP contribution in [0.1, 0.15) is 12.6 Å². The van der Waals surface area contributed by atoms with Crippen LogP contribution >= 0.6 is 0 Å². The molecule has 5 heteroatoms. The molecule has 0 fully saturated rings. The molecular weight excluding hydrogens is 182 g/mol. The molecule has 1 heterocycles. The zero-order valence-electron chi connectivity index (χ0n) is 8.41. The van der Waals surface area contributed by atoms with E-state index in [9.17, 15) is 4.79 Å². The third-order valence-electron chi connectivity index (χ3n) is 1.92. The van der Waals surface area contributed by atoms with E-state index in [0.29, 0.717) is 6.42 Å². The molecule has 1 atom stereocenters. The van der Waals surface area contributed by atoms with E-state index in [4.69, 9.17) is 0 Å². The van der Waals surface area contributed by atoms with Crippen LogP contribution in [0.15, 0.2) is 12.5 Å². The fourth-order valence-electron chi connectivity index (χ4n) is 1.24. The van der Waals surface area contributed by atoms with Gasteiger partial charge < -0.3 is 15.0 Å². The SMILES string of the molecule is CCN[C@@H](Cc1cnc[nH]1)C(=O)OC. The number of imidazole rings is 1. The highest BCUT2D eigenvalue weighted by atomic mass is 16.5. The van der Waals surface area contributed by atoms with Gasteiger partial charge in [0.2, 0.25) is 0 Å². The van der Waals surface area contributed by atoms with E-state index in [1.54, 1.807) is 12.5 Å². The number of nitrogens with one attached hydrogen (secondary N) is 2. The van der Waals surface area contributed by atoms with Gasteiger partial charge in [0.1, 0.15) is 6.04 Å². The van der Waals surface area contributed by atoms with E-state index < -0.39 is 0 Å². The number of esters is 1. The third-order valence-corrected chi connectivity index (χ3v) is 1.92. The lowest BCUT2D eigenvalue weighted by atomic mass is 10.1. The maximum Gasteiger partial charge on any atom is 0.323 e. The van der Waals surface area contributed by atoms with Gasteiger partial charge in [-0.05, 0) is 6.54 Å². The summed E-state index contributed by atoms with van der Waals surface area (Å²) in [5.41, 5.74) is 0.918. The highest BCUT2D eigenvalue weighted by Gasteiger charge is 2.18. The average molecular weight is 197 g/mol. The van der Waals surface area contributed by atoms with Gasteiger partial charge in [-0.15, -0.1) is 0 Å². The normalized spacial score (nSPS) is 12.4. The second kappa shape index (κ2) is 5.39. The number of carbonyl (C=O) groups excluding carboxylic acids is 1. The number of hydrogen-bond donors (Lipinski definition) is 2. The van der Waals surface area contributed by atoms with Crippen LogP contribution in [-0.2, 0) is 16.0 Å². The van der Waals surface area contributed by atoms with Crippen molar-refractivity contribution in [2.45, 2.75) is 19.4 Å². The van der Waals surface area contributed by atoms with E-state index in [1.807, 2.05) is 6.92 Å². The first-order valence-electron chi connectivity index (χ1n) is 4.56. The zero-order chi connectivity index (χ0) is 10.4. The topological polar surface area (TPSA) is 67.0 Å². The minimum atomic E-state index is -0.301. The van der Waals surface area contributed by atoms with Crippen LogP contribution in [0.5, 0.6) is 0 Å². The Balaban J connectivity index is 2.55. The van der Waals surface area contributed by atoms with Crippen molar-refractivity contribution < 1.29 is 9.53 Å². The molecule has 0 aliphatic rings. The molecule has 0 saturated heterocycles. The first-order chi connectivity index (χ1) is 6.77. The first kappa shape index (κ1) is 10.7. The number of nitrogens with zero attached hydrogens (tertiary/aromatic N) is 1. The summed E-state index contributed by atoms with van der Waals surface area (Å²) in [5, 5.41) is 3.05. The molecule has 1 aromatic heterocycles. The number of hydrogen-bond acceptors (Lipinski definition) is 4. The minimum absolute atomic E-state index is 0.249. The Morgan fingerprint density at radius 1 is 1.79 bits per heavy atom. The van der Waals surface area contributed by atoms with Crippen LogP contribution in [0.25, 0.3) is 0 Å². The van der Waals surface area contributed by atoms with Crippen molar-refractivity contribution in [1.29, 1.82) is 0 Å². The quantitative estimate of drug-likeness (QED) is 0.657. The van der Waals surface area contributed by atoms with Crippen LogP contribution in [0, 0.1) is 0 Å². The molecule has 5 nitrogen and oxygen atoms in total. The van der Waals surface area contributed by atoms with E-state index >= 15 is 0 Å². The highest BCUT2D eigenvalue weighted by molar-refractivity contribution is 5.75. The van der Waals surface area contributed by atoms with Crippen LogP contribution in [-0.4, -0.2) is 35.6 Å². The molecular formula is C9H15N3O2. The minimum Gasteiger partial charge on any atom is -0.468 e. The second-order valence-electron chi connectivity index (χ2n) is 2.91. The number of ether oxygens (including phenoxy) is 1. The second-order valence-corrected chi connectivity index (χ2v) is 2.91. The Hall–Kier alpha value is -1.36. The summed E-state index contributed by atoms with van der Waals surface area (Å²) in [6, 6.07) is -0.301. The fraction of sp³-hybridized carbons (Fsp3) is 0.556. The number of methoxy groups -OCH3 is 1. The van der Waals surface area contributed by atoms with Gasteiger partial charge in [-0.3, -0.25) is 4.79 Å². The van der Waals surface area contributed by atoms with E-state index in [-0.39, 0.29) is 12.0 Å². The molecule has 78 valence electrons. The monoisotopic (exact) mass is 197 g/mol. The van der Waals surface area contributed by atoms with Crippen molar-refractivity contribution >= 4 is 5.97 Å². The number of H-pyrrole nitrogens is 1. The van der Waals surface area contributed by atoms with Crippen molar-refractivity contribution in [2.24, 2.45) is 0 Å².